The van der Waals surface area contributed by atoms with Gasteiger partial charge in [0.25, 0.3) is 5.91 Å². The summed E-state index contributed by atoms with van der Waals surface area (Å²) in [5, 5.41) is 6.20. The molecule has 0 saturated carbocycles. The fraction of sp³-hybridized carbons (Fsp3) is 0.130. The molecule has 4 rings (SSSR count). The summed E-state index contributed by atoms with van der Waals surface area (Å²) in [6, 6.07) is 19.4. The Labute approximate surface area is 188 Å². The highest BCUT2D eigenvalue weighted by molar-refractivity contribution is 8.00. The first-order valence-electron chi connectivity index (χ1n) is 9.56. The number of carbonyl (C=O) groups is 2. The Morgan fingerprint density at radius 3 is 2.48 bits per heavy atom. The van der Waals surface area contributed by atoms with Crippen molar-refractivity contribution in [2.45, 2.75) is 4.90 Å². The number of halogens is 1. The van der Waals surface area contributed by atoms with Crippen molar-refractivity contribution in [2.75, 3.05) is 29.6 Å². The zero-order valence-corrected chi connectivity index (χ0v) is 18.0. The van der Waals surface area contributed by atoms with E-state index < -0.39 is 0 Å². The van der Waals surface area contributed by atoms with Crippen molar-refractivity contribution in [1.29, 1.82) is 0 Å². The van der Waals surface area contributed by atoms with E-state index in [2.05, 4.69) is 10.6 Å². The van der Waals surface area contributed by atoms with Gasteiger partial charge in [0.05, 0.1) is 5.75 Å². The van der Waals surface area contributed by atoms with Gasteiger partial charge in [-0.2, -0.15) is 0 Å². The molecule has 1 heterocycles. The summed E-state index contributed by atoms with van der Waals surface area (Å²) >= 11 is 7.32. The van der Waals surface area contributed by atoms with Gasteiger partial charge in [0.1, 0.15) is 13.2 Å². The van der Waals surface area contributed by atoms with E-state index in [0.29, 0.717) is 46.7 Å². The standard InChI is InChI=1S/C23H19ClN2O4S/c24-16-4-1-3-15(11-16)23(28)26-17-5-2-6-19(12-17)31-14-22(27)25-18-7-8-20-21(13-18)30-10-9-29-20/h1-8,11-13H,9-10,14H2,(H,25,27)(H,26,28). The SMILES string of the molecule is O=C(CSc1cccc(NC(=O)c2cccc(Cl)c2)c1)Nc1ccc2c(c1)OCCO2. The van der Waals surface area contributed by atoms with Crippen LogP contribution in [0.3, 0.4) is 0 Å². The van der Waals surface area contributed by atoms with Crippen LogP contribution in [-0.4, -0.2) is 30.8 Å². The van der Waals surface area contributed by atoms with E-state index in [1.54, 1.807) is 48.5 Å². The first-order valence-corrected chi connectivity index (χ1v) is 10.9. The van der Waals surface area contributed by atoms with Gasteiger partial charge in [-0.15, -0.1) is 11.8 Å². The molecular formula is C23H19ClN2O4S. The van der Waals surface area contributed by atoms with Gasteiger partial charge in [-0.25, -0.2) is 0 Å². The first-order chi connectivity index (χ1) is 15.1. The molecule has 0 bridgehead atoms. The summed E-state index contributed by atoms with van der Waals surface area (Å²) in [6.45, 7) is 1.01. The van der Waals surface area contributed by atoms with Crippen LogP contribution in [0.4, 0.5) is 11.4 Å². The van der Waals surface area contributed by atoms with Crippen molar-refractivity contribution in [3.8, 4) is 11.5 Å². The maximum atomic E-state index is 12.4. The molecular weight excluding hydrogens is 436 g/mol. The van der Waals surface area contributed by atoms with Crippen molar-refractivity contribution in [1.82, 2.24) is 0 Å². The number of carbonyl (C=O) groups excluding carboxylic acids is 2. The third-order valence-electron chi connectivity index (χ3n) is 4.37. The summed E-state index contributed by atoms with van der Waals surface area (Å²) in [5.74, 6) is 1.13. The number of thioether (sulfide) groups is 1. The number of rotatable bonds is 6. The van der Waals surface area contributed by atoms with E-state index in [9.17, 15) is 9.59 Å². The largest absolute Gasteiger partial charge is 0.486 e. The third-order valence-corrected chi connectivity index (χ3v) is 5.60. The lowest BCUT2D eigenvalue weighted by Gasteiger charge is -2.19. The Morgan fingerprint density at radius 1 is 0.871 bits per heavy atom. The molecule has 0 unspecified atom stereocenters. The van der Waals surface area contributed by atoms with Gasteiger partial charge in [0.2, 0.25) is 5.91 Å². The molecule has 8 heteroatoms. The number of ether oxygens (including phenoxy) is 2. The summed E-state index contributed by atoms with van der Waals surface area (Å²) in [6.07, 6.45) is 0. The van der Waals surface area contributed by atoms with Crippen molar-refractivity contribution >= 4 is 46.6 Å². The van der Waals surface area contributed by atoms with Crippen LogP contribution in [0.1, 0.15) is 10.4 Å². The van der Waals surface area contributed by atoms with E-state index >= 15 is 0 Å². The van der Waals surface area contributed by atoms with Gasteiger partial charge in [-0.3, -0.25) is 9.59 Å². The highest BCUT2D eigenvalue weighted by atomic mass is 35.5. The van der Waals surface area contributed by atoms with E-state index in [1.165, 1.54) is 11.8 Å². The number of anilines is 2. The topological polar surface area (TPSA) is 76.7 Å². The minimum Gasteiger partial charge on any atom is -0.486 e. The lowest BCUT2D eigenvalue weighted by atomic mass is 10.2. The molecule has 158 valence electrons. The lowest BCUT2D eigenvalue weighted by Crippen LogP contribution is -2.17. The molecule has 0 aliphatic carbocycles. The van der Waals surface area contributed by atoms with Crippen LogP contribution >= 0.6 is 23.4 Å². The normalized spacial score (nSPS) is 12.2. The molecule has 3 aromatic rings. The number of hydrogen-bond acceptors (Lipinski definition) is 5. The summed E-state index contributed by atoms with van der Waals surface area (Å²) in [4.78, 5) is 25.6. The predicted octanol–water partition coefficient (Wildman–Crippen LogP) is 5.09. The van der Waals surface area contributed by atoms with Crippen molar-refractivity contribution < 1.29 is 19.1 Å². The number of benzene rings is 3. The molecule has 0 fully saturated rings. The molecule has 2 amide bonds. The van der Waals surface area contributed by atoms with Gasteiger partial charge in [0, 0.05) is 32.9 Å². The molecule has 6 nitrogen and oxygen atoms in total. The molecule has 2 N–H and O–H groups in total. The second-order valence-electron chi connectivity index (χ2n) is 6.69. The fourth-order valence-corrected chi connectivity index (χ4v) is 3.91. The maximum Gasteiger partial charge on any atom is 0.255 e. The molecule has 1 aliphatic heterocycles. The minimum absolute atomic E-state index is 0.143. The molecule has 0 aromatic heterocycles. The zero-order valence-electron chi connectivity index (χ0n) is 16.4. The predicted molar refractivity (Wildman–Crippen MR) is 123 cm³/mol. The fourth-order valence-electron chi connectivity index (χ4n) is 2.96. The van der Waals surface area contributed by atoms with Crippen LogP contribution in [0.2, 0.25) is 5.02 Å². The molecule has 0 radical (unpaired) electrons. The average molecular weight is 455 g/mol. The highest BCUT2D eigenvalue weighted by Gasteiger charge is 2.13. The Morgan fingerprint density at radius 2 is 1.65 bits per heavy atom. The highest BCUT2D eigenvalue weighted by Crippen LogP contribution is 2.32. The third kappa shape index (κ3) is 5.71. The molecule has 0 spiro atoms. The molecule has 31 heavy (non-hydrogen) atoms. The average Bonchev–Trinajstić information content (AvgIpc) is 2.78. The number of hydrogen-bond donors (Lipinski definition) is 2. The molecule has 1 aliphatic rings. The van der Waals surface area contributed by atoms with Crippen molar-refractivity contribution in [3.05, 3.63) is 77.3 Å². The van der Waals surface area contributed by atoms with Gasteiger partial charge in [-0.05, 0) is 48.5 Å². The summed E-state index contributed by atoms with van der Waals surface area (Å²) in [5.41, 5.74) is 1.77. The van der Waals surface area contributed by atoms with Gasteiger partial charge >= 0.3 is 0 Å². The van der Waals surface area contributed by atoms with E-state index in [0.717, 1.165) is 4.90 Å². The number of fused-ring (bicyclic) bond motifs is 1. The molecule has 3 aromatic carbocycles. The Balaban J connectivity index is 1.32. The number of nitrogens with one attached hydrogen (secondary N) is 2. The van der Waals surface area contributed by atoms with Crippen molar-refractivity contribution in [3.63, 3.8) is 0 Å². The second-order valence-corrected chi connectivity index (χ2v) is 8.17. The van der Waals surface area contributed by atoms with E-state index in [-0.39, 0.29) is 17.6 Å². The number of amides is 2. The van der Waals surface area contributed by atoms with Crippen LogP contribution in [-0.2, 0) is 4.79 Å². The van der Waals surface area contributed by atoms with Crippen LogP contribution in [0.25, 0.3) is 0 Å². The Bertz CT molecular complexity index is 1120. The minimum atomic E-state index is -0.249. The molecule has 0 saturated heterocycles. The Kier molecular flexibility index (Phi) is 6.64. The molecule has 0 atom stereocenters. The monoisotopic (exact) mass is 454 g/mol. The lowest BCUT2D eigenvalue weighted by molar-refractivity contribution is -0.113. The smallest absolute Gasteiger partial charge is 0.255 e. The van der Waals surface area contributed by atoms with Gasteiger partial charge in [0.15, 0.2) is 11.5 Å². The zero-order chi connectivity index (χ0) is 21.6. The Hall–Kier alpha value is -3.16. The van der Waals surface area contributed by atoms with Crippen LogP contribution in [0.5, 0.6) is 11.5 Å². The summed E-state index contributed by atoms with van der Waals surface area (Å²) in [7, 11) is 0. The van der Waals surface area contributed by atoms with E-state index in [1.807, 2.05) is 18.2 Å². The van der Waals surface area contributed by atoms with Crippen LogP contribution in [0, 0.1) is 0 Å². The summed E-state index contributed by atoms with van der Waals surface area (Å²) < 4.78 is 11.0. The quantitative estimate of drug-likeness (QED) is 0.507. The van der Waals surface area contributed by atoms with Crippen LogP contribution in [0.15, 0.2) is 71.6 Å². The first kappa shape index (κ1) is 21.1. The second kappa shape index (κ2) is 9.76. The maximum absolute atomic E-state index is 12.4. The van der Waals surface area contributed by atoms with Gasteiger partial charge < -0.3 is 20.1 Å². The van der Waals surface area contributed by atoms with Crippen LogP contribution < -0.4 is 20.1 Å². The van der Waals surface area contributed by atoms with E-state index in [4.69, 9.17) is 21.1 Å². The van der Waals surface area contributed by atoms with Crippen molar-refractivity contribution in [2.24, 2.45) is 0 Å². The van der Waals surface area contributed by atoms with Gasteiger partial charge in [-0.1, -0.05) is 23.7 Å².